The maximum absolute atomic E-state index is 12.3. The summed E-state index contributed by atoms with van der Waals surface area (Å²) >= 11 is 13.3. The van der Waals surface area contributed by atoms with E-state index in [0.717, 1.165) is 61.0 Å². The summed E-state index contributed by atoms with van der Waals surface area (Å²) in [7, 11) is 1.43. The Bertz CT molecular complexity index is 890. The van der Waals surface area contributed by atoms with Gasteiger partial charge < -0.3 is 19.9 Å². The number of carbonyl (C=O) groups excluding carboxylic acids is 1. The molecule has 2 aliphatic rings. The van der Waals surface area contributed by atoms with Crippen LogP contribution in [0.5, 0.6) is 0 Å². The van der Waals surface area contributed by atoms with Crippen LogP contribution in [0, 0.1) is 0 Å². The molecule has 0 bridgehead atoms. The highest BCUT2D eigenvalue weighted by Gasteiger charge is 2.28. The lowest BCUT2D eigenvalue weighted by molar-refractivity contribution is 0.0601. The molecule has 1 N–H and O–H groups in total. The molecule has 1 saturated heterocycles. The largest absolute Gasteiger partial charge is 0.465 e. The van der Waals surface area contributed by atoms with Crippen molar-refractivity contribution in [1.29, 1.82) is 0 Å². The number of hydrogen-bond acceptors (Lipinski definition) is 5. The van der Waals surface area contributed by atoms with Gasteiger partial charge in [0.2, 0.25) is 0 Å². The van der Waals surface area contributed by atoms with Gasteiger partial charge in [0.1, 0.15) is 5.00 Å². The summed E-state index contributed by atoms with van der Waals surface area (Å²) in [5.74, 6) is -0.280. The lowest BCUT2D eigenvalue weighted by atomic mass is 10.1. The summed E-state index contributed by atoms with van der Waals surface area (Å²) in [5, 5.41) is 5.56. The first-order chi connectivity index (χ1) is 13.6. The summed E-state index contributed by atoms with van der Waals surface area (Å²) in [6.45, 7) is 3.42. The van der Waals surface area contributed by atoms with Crippen LogP contribution in [0.1, 0.15) is 27.2 Å². The van der Waals surface area contributed by atoms with Crippen molar-refractivity contribution >= 4 is 56.9 Å². The minimum atomic E-state index is -0.280. The van der Waals surface area contributed by atoms with Crippen molar-refractivity contribution < 1.29 is 9.53 Å². The lowest BCUT2D eigenvalue weighted by Gasteiger charge is -2.37. The molecule has 0 radical (unpaired) electrons. The third-order valence-electron chi connectivity index (χ3n) is 5.29. The molecule has 1 fully saturated rings. The molecule has 5 nitrogen and oxygen atoms in total. The third-order valence-corrected chi connectivity index (χ3v) is 7.11. The van der Waals surface area contributed by atoms with Crippen molar-refractivity contribution in [2.75, 3.05) is 43.5 Å². The number of methoxy groups -OCH3 is 1. The molecule has 4 rings (SSSR count). The standard InChI is InChI=1S/C20H22ClN3O2S2/c1-26-19(25)17-15-3-2-4-16(15)28-18(17)22-20(27)24-11-9-23(10-12-24)14-7-5-13(21)6-8-14/h5-8H,2-4,9-12H2,1H3,(H,22,27). The number of esters is 1. The number of carbonyl (C=O) groups is 1. The molecular formula is C20H22ClN3O2S2. The number of ether oxygens (including phenoxy) is 1. The SMILES string of the molecule is COC(=O)c1c(NC(=S)N2CCN(c3ccc(Cl)cc3)CC2)sc2c1CCC2. The Labute approximate surface area is 179 Å². The van der Waals surface area contributed by atoms with Crippen LogP contribution in [-0.2, 0) is 17.6 Å². The van der Waals surface area contributed by atoms with Gasteiger partial charge >= 0.3 is 5.97 Å². The topological polar surface area (TPSA) is 44.8 Å². The number of benzene rings is 1. The van der Waals surface area contributed by atoms with Crippen LogP contribution in [0.25, 0.3) is 0 Å². The van der Waals surface area contributed by atoms with Crippen LogP contribution in [0.4, 0.5) is 10.7 Å². The van der Waals surface area contributed by atoms with Gasteiger partial charge in [-0.3, -0.25) is 0 Å². The van der Waals surface area contributed by atoms with Gasteiger partial charge in [0.05, 0.1) is 12.7 Å². The number of piperazine rings is 1. The highest BCUT2D eigenvalue weighted by molar-refractivity contribution is 7.80. The number of nitrogens with one attached hydrogen (secondary N) is 1. The number of nitrogens with zero attached hydrogens (tertiary/aromatic N) is 2. The highest BCUT2D eigenvalue weighted by atomic mass is 35.5. The van der Waals surface area contributed by atoms with E-state index in [2.05, 4.69) is 15.1 Å². The molecule has 148 valence electrons. The third kappa shape index (κ3) is 3.83. The second kappa shape index (κ2) is 8.27. The van der Waals surface area contributed by atoms with E-state index in [-0.39, 0.29) is 5.97 Å². The zero-order valence-corrected chi connectivity index (χ0v) is 18.1. The van der Waals surface area contributed by atoms with E-state index in [0.29, 0.717) is 10.7 Å². The van der Waals surface area contributed by atoms with Crippen molar-refractivity contribution in [3.63, 3.8) is 0 Å². The molecule has 0 saturated carbocycles. The number of rotatable bonds is 3. The van der Waals surface area contributed by atoms with Gasteiger partial charge in [0, 0.05) is 41.8 Å². The normalized spacial score (nSPS) is 16.1. The van der Waals surface area contributed by atoms with Crippen molar-refractivity contribution in [2.24, 2.45) is 0 Å². The van der Waals surface area contributed by atoms with E-state index in [1.165, 1.54) is 17.7 Å². The van der Waals surface area contributed by atoms with E-state index in [1.807, 2.05) is 24.3 Å². The minimum Gasteiger partial charge on any atom is -0.465 e. The number of thiocarbonyl (C=S) groups is 1. The number of aryl methyl sites for hydroxylation is 1. The van der Waals surface area contributed by atoms with Crippen LogP contribution < -0.4 is 10.2 Å². The van der Waals surface area contributed by atoms with Crippen LogP contribution in [0.2, 0.25) is 5.02 Å². The summed E-state index contributed by atoms with van der Waals surface area (Å²) in [4.78, 5) is 18.1. The Morgan fingerprint density at radius 1 is 1.18 bits per heavy atom. The average molecular weight is 436 g/mol. The molecule has 0 amide bonds. The smallest absolute Gasteiger partial charge is 0.341 e. The van der Waals surface area contributed by atoms with Crippen LogP contribution in [-0.4, -0.2) is 49.3 Å². The Morgan fingerprint density at radius 2 is 1.89 bits per heavy atom. The van der Waals surface area contributed by atoms with Gasteiger partial charge in [-0.15, -0.1) is 11.3 Å². The lowest BCUT2D eigenvalue weighted by Crippen LogP contribution is -2.50. The molecule has 2 heterocycles. The monoisotopic (exact) mass is 435 g/mol. The number of halogens is 1. The summed E-state index contributed by atoms with van der Waals surface area (Å²) in [6.07, 6.45) is 3.06. The van der Waals surface area contributed by atoms with Crippen LogP contribution in [0.15, 0.2) is 24.3 Å². The van der Waals surface area contributed by atoms with Crippen LogP contribution in [0.3, 0.4) is 0 Å². The van der Waals surface area contributed by atoms with Gasteiger partial charge in [-0.25, -0.2) is 4.79 Å². The molecule has 1 aliphatic carbocycles. The first-order valence-electron chi connectivity index (χ1n) is 9.36. The van der Waals surface area contributed by atoms with Crippen LogP contribution >= 0.6 is 35.2 Å². The fourth-order valence-electron chi connectivity index (χ4n) is 3.81. The van der Waals surface area contributed by atoms with E-state index < -0.39 is 0 Å². The first kappa shape index (κ1) is 19.5. The highest BCUT2D eigenvalue weighted by Crippen LogP contribution is 2.39. The summed E-state index contributed by atoms with van der Waals surface area (Å²) < 4.78 is 5.01. The average Bonchev–Trinajstić information content (AvgIpc) is 3.29. The number of anilines is 2. The maximum atomic E-state index is 12.3. The molecule has 1 aromatic carbocycles. The van der Waals surface area contributed by atoms with Crippen molar-refractivity contribution in [3.8, 4) is 0 Å². The Balaban J connectivity index is 1.41. The molecule has 0 unspecified atom stereocenters. The fourth-order valence-corrected chi connectivity index (χ4v) is 5.56. The zero-order valence-electron chi connectivity index (χ0n) is 15.7. The van der Waals surface area contributed by atoms with Gasteiger partial charge in [-0.05, 0) is 61.3 Å². The second-order valence-corrected chi connectivity index (χ2v) is 8.86. The molecule has 1 aliphatic heterocycles. The van der Waals surface area contributed by atoms with Gasteiger partial charge in [-0.1, -0.05) is 11.6 Å². The van der Waals surface area contributed by atoms with Gasteiger partial charge in [0.15, 0.2) is 5.11 Å². The summed E-state index contributed by atoms with van der Waals surface area (Å²) in [6, 6.07) is 7.92. The van der Waals surface area contributed by atoms with E-state index in [9.17, 15) is 4.79 Å². The van der Waals surface area contributed by atoms with Crippen molar-refractivity contribution in [3.05, 3.63) is 45.3 Å². The molecule has 2 aromatic rings. The second-order valence-electron chi connectivity index (χ2n) is 6.93. The number of thiophene rings is 1. The zero-order chi connectivity index (χ0) is 19.7. The molecule has 0 atom stereocenters. The molecular weight excluding hydrogens is 414 g/mol. The van der Waals surface area contributed by atoms with Gasteiger partial charge in [-0.2, -0.15) is 0 Å². The molecule has 1 aromatic heterocycles. The minimum absolute atomic E-state index is 0.280. The maximum Gasteiger partial charge on any atom is 0.341 e. The van der Waals surface area contributed by atoms with E-state index in [1.54, 1.807) is 11.3 Å². The summed E-state index contributed by atoms with van der Waals surface area (Å²) in [5.41, 5.74) is 2.97. The quantitative estimate of drug-likeness (QED) is 0.576. The Hall–Kier alpha value is -1.83. The number of fused-ring (bicyclic) bond motifs is 1. The molecule has 28 heavy (non-hydrogen) atoms. The van der Waals surface area contributed by atoms with Crippen molar-refractivity contribution in [1.82, 2.24) is 4.90 Å². The molecule has 8 heteroatoms. The first-order valence-corrected chi connectivity index (χ1v) is 11.0. The van der Waals surface area contributed by atoms with Crippen molar-refractivity contribution in [2.45, 2.75) is 19.3 Å². The van der Waals surface area contributed by atoms with E-state index in [4.69, 9.17) is 28.6 Å². The fraction of sp³-hybridized carbons (Fsp3) is 0.400. The predicted octanol–water partition coefficient (Wildman–Crippen LogP) is 4.20. The predicted molar refractivity (Wildman–Crippen MR) is 119 cm³/mol. The Morgan fingerprint density at radius 3 is 2.57 bits per heavy atom. The number of hydrogen-bond donors (Lipinski definition) is 1. The molecule has 0 spiro atoms. The van der Waals surface area contributed by atoms with Gasteiger partial charge in [0.25, 0.3) is 0 Å². The van der Waals surface area contributed by atoms with E-state index >= 15 is 0 Å². The Kier molecular flexibility index (Phi) is 5.75.